The molecule has 21 heavy (non-hydrogen) atoms. The van der Waals surface area contributed by atoms with Crippen LogP contribution in [0.1, 0.15) is 11.1 Å². The average molecular weight is 353 g/mol. The molecule has 0 saturated carbocycles. The Hall–Kier alpha value is -1.59. The first-order valence-corrected chi connectivity index (χ1v) is 7.37. The summed E-state index contributed by atoms with van der Waals surface area (Å²) < 4.78 is 20.0. The lowest BCUT2D eigenvalue weighted by Crippen LogP contribution is -2.18. The Morgan fingerprint density at radius 2 is 2.05 bits per heavy atom. The first-order chi connectivity index (χ1) is 10.1. The van der Waals surface area contributed by atoms with Crippen molar-refractivity contribution in [1.82, 2.24) is 0 Å². The van der Waals surface area contributed by atoms with E-state index in [-0.39, 0.29) is 5.82 Å². The maximum absolute atomic E-state index is 14.4. The van der Waals surface area contributed by atoms with Gasteiger partial charge in [0, 0.05) is 20.1 Å². The number of anilines is 1. The SMILES string of the molecule is COc1cccc(CN(C)c2ccc(CN)c(Br)c2F)c1. The third kappa shape index (κ3) is 3.54. The quantitative estimate of drug-likeness (QED) is 0.891. The van der Waals surface area contributed by atoms with Gasteiger partial charge in [-0.2, -0.15) is 0 Å². The number of methoxy groups -OCH3 is 1. The molecule has 2 aromatic rings. The molecule has 0 aliphatic heterocycles. The molecule has 0 aromatic heterocycles. The van der Waals surface area contributed by atoms with E-state index in [2.05, 4.69) is 15.9 Å². The molecule has 112 valence electrons. The molecule has 0 amide bonds. The van der Waals surface area contributed by atoms with Gasteiger partial charge >= 0.3 is 0 Å². The number of nitrogens with two attached hydrogens (primary N) is 1. The Labute approximate surface area is 132 Å². The minimum Gasteiger partial charge on any atom is -0.497 e. The molecule has 0 aliphatic rings. The predicted molar refractivity (Wildman–Crippen MR) is 87.1 cm³/mol. The van der Waals surface area contributed by atoms with Gasteiger partial charge in [-0.05, 0) is 45.3 Å². The Morgan fingerprint density at radius 1 is 1.29 bits per heavy atom. The van der Waals surface area contributed by atoms with E-state index >= 15 is 0 Å². The van der Waals surface area contributed by atoms with Crippen LogP contribution in [0.2, 0.25) is 0 Å². The number of hydrogen-bond acceptors (Lipinski definition) is 3. The Balaban J connectivity index is 2.24. The van der Waals surface area contributed by atoms with E-state index in [0.717, 1.165) is 16.9 Å². The highest BCUT2D eigenvalue weighted by atomic mass is 79.9. The second-order valence-corrected chi connectivity index (χ2v) is 5.58. The molecule has 0 aliphatic carbocycles. The topological polar surface area (TPSA) is 38.5 Å². The fraction of sp³-hybridized carbons (Fsp3) is 0.250. The molecule has 5 heteroatoms. The summed E-state index contributed by atoms with van der Waals surface area (Å²) in [6, 6.07) is 11.3. The van der Waals surface area contributed by atoms with Gasteiger partial charge in [-0.15, -0.1) is 0 Å². The Bertz CT molecular complexity index is 634. The van der Waals surface area contributed by atoms with Crippen LogP contribution >= 0.6 is 15.9 Å². The van der Waals surface area contributed by atoms with Gasteiger partial charge in [0.15, 0.2) is 5.82 Å². The van der Waals surface area contributed by atoms with Crippen molar-refractivity contribution >= 4 is 21.6 Å². The molecule has 0 unspecified atom stereocenters. The summed E-state index contributed by atoms with van der Waals surface area (Å²) in [6.45, 7) is 0.889. The molecule has 2 N–H and O–H groups in total. The molecule has 0 spiro atoms. The zero-order chi connectivity index (χ0) is 15.4. The van der Waals surface area contributed by atoms with Crippen molar-refractivity contribution in [2.45, 2.75) is 13.1 Å². The number of hydrogen-bond donors (Lipinski definition) is 1. The highest BCUT2D eigenvalue weighted by molar-refractivity contribution is 9.10. The molecule has 0 saturated heterocycles. The zero-order valence-corrected chi connectivity index (χ0v) is 13.7. The minimum atomic E-state index is -0.289. The lowest BCUT2D eigenvalue weighted by Gasteiger charge is -2.21. The third-order valence-electron chi connectivity index (χ3n) is 3.33. The van der Waals surface area contributed by atoms with Crippen molar-refractivity contribution in [3.05, 3.63) is 57.8 Å². The highest BCUT2D eigenvalue weighted by Gasteiger charge is 2.14. The van der Waals surface area contributed by atoms with Crippen LogP contribution in [0.4, 0.5) is 10.1 Å². The van der Waals surface area contributed by atoms with Crippen molar-refractivity contribution in [2.24, 2.45) is 5.73 Å². The van der Waals surface area contributed by atoms with E-state index < -0.39 is 0 Å². The van der Waals surface area contributed by atoms with E-state index in [0.29, 0.717) is 23.2 Å². The van der Waals surface area contributed by atoms with Crippen LogP contribution < -0.4 is 15.4 Å². The average Bonchev–Trinajstić information content (AvgIpc) is 2.50. The van der Waals surface area contributed by atoms with Gasteiger partial charge in [-0.1, -0.05) is 18.2 Å². The largest absolute Gasteiger partial charge is 0.497 e. The lowest BCUT2D eigenvalue weighted by atomic mass is 10.1. The summed E-state index contributed by atoms with van der Waals surface area (Å²) in [4.78, 5) is 1.86. The second-order valence-electron chi connectivity index (χ2n) is 4.78. The third-order valence-corrected chi connectivity index (χ3v) is 4.18. The predicted octanol–water partition coefficient (Wildman–Crippen LogP) is 3.69. The van der Waals surface area contributed by atoms with Crippen molar-refractivity contribution in [2.75, 3.05) is 19.1 Å². The summed E-state index contributed by atoms with van der Waals surface area (Å²) in [5.41, 5.74) is 7.91. The molecule has 2 rings (SSSR count). The van der Waals surface area contributed by atoms with E-state index in [1.807, 2.05) is 42.3 Å². The first kappa shape index (κ1) is 15.8. The summed E-state index contributed by atoms with van der Waals surface area (Å²) in [5, 5.41) is 0. The maximum Gasteiger partial charge on any atom is 0.160 e. The second kappa shape index (κ2) is 6.91. The maximum atomic E-state index is 14.4. The zero-order valence-electron chi connectivity index (χ0n) is 12.1. The molecular formula is C16H18BrFN2O. The van der Waals surface area contributed by atoms with E-state index in [1.54, 1.807) is 13.2 Å². The van der Waals surface area contributed by atoms with Crippen molar-refractivity contribution in [3.8, 4) is 5.75 Å². The van der Waals surface area contributed by atoms with Gasteiger partial charge in [0.1, 0.15) is 5.75 Å². The molecule has 0 heterocycles. The van der Waals surface area contributed by atoms with E-state index in [4.69, 9.17) is 10.5 Å². The molecule has 0 atom stereocenters. The van der Waals surface area contributed by atoms with Crippen LogP contribution in [0, 0.1) is 5.82 Å². The van der Waals surface area contributed by atoms with Gasteiger partial charge in [0.25, 0.3) is 0 Å². The number of nitrogens with zero attached hydrogens (tertiary/aromatic N) is 1. The Morgan fingerprint density at radius 3 is 2.71 bits per heavy atom. The number of ether oxygens (including phenoxy) is 1. The van der Waals surface area contributed by atoms with Crippen molar-refractivity contribution in [3.63, 3.8) is 0 Å². The monoisotopic (exact) mass is 352 g/mol. The van der Waals surface area contributed by atoms with Gasteiger partial charge < -0.3 is 15.4 Å². The molecule has 2 aromatic carbocycles. The van der Waals surface area contributed by atoms with Crippen molar-refractivity contribution < 1.29 is 9.13 Å². The smallest absolute Gasteiger partial charge is 0.160 e. The molecular weight excluding hydrogens is 335 g/mol. The van der Waals surface area contributed by atoms with Crippen molar-refractivity contribution in [1.29, 1.82) is 0 Å². The lowest BCUT2D eigenvalue weighted by molar-refractivity contribution is 0.414. The highest BCUT2D eigenvalue weighted by Crippen LogP contribution is 2.29. The number of rotatable bonds is 5. The normalized spacial score (nSPS) is 10.5. The molecule has 0 bridgehead atoms. The van der Waals surface area contributed by atoms with Crippen LogP contribution in [0.15, 0.2) is 40.9 Å². The van der Waals surface area contributed by atoms with Gasteiger partial charge in [-0.25, -0.2) is 4.39 Å². The standard InChI is InChI=1S/C16H18BrFN2O/c1-20(10-11-4-3-5-13(8-11)21-2)14-7-6-12(9-19)15(17)16(14)18/h3-8H,9-10,19H2,1-2H3. The van der Waals surface area contributed by atoms with Gasteiger partial charge in [0.2, 0.25) is 0 Å². The van der Waals surface area contributed by atoms with Crippen LogP contribution in [0.25, 0.3) is 0 Å². The Kier molecular flexibility index (Phi) is 5.20. The number of halogens is 2. The van der Waals surface area contributed by atoms with Crippen LogP contribution in [0.5, 0.6) is 5.75 Å². The molecule has 0 radical (unpaired) electrons. The van der Waals surface area contributed by atoms with Crippen LogP contribution in [-0.4, -0.2) is 14.2 Å². The van der Waals surface area contributed by atoms with E-state index in [9.17, 15) is 4.39 Å². The minimum absolute atomic E-state index is 0.289. The van der Waals surface area contributed by atoms with Gasteiger partial charge in [0.05, 0.1) is 17.3 Å². The molecule has 0 fully saturated rings. The van der Waals surface area contributed by atoms with E-state index in [1.165, 1.54) is 0 Å². The van der Waals surface area contributed by atoms with Crippen LogP contribution in [-0.2, 0) is 13.1 Å². The summed E-state index contributed by atoms with van der Waals surface area (Å²) >= 11 is 3.27. The fourth-order valence-corrected chi connectivity index (χ4v) is 2.66. The fourth-order valence-electron chi connectivity index (χ4n) is 2.16. The summed E-state index contributed by atoms with van der Waals surface area (Å²) in [7, 11) is 3.48. The van der Waals surface area contributed by atoms with Gasteiger partial charge in [-0.3, -0.25) is 0 Å². The first-order valence-electron chi connectivity index (χ1n) is 6.57. The summed E-state index contributed by atoms with van der Waals surface area (Å²) in [5.74, 6) is 0.504. The summed E-state index contributed by atoms with van der Waals surface area (Å²) in [6.07, 6.45) is 0. The number of benzene rings is 2. The molecule has 3 nitrogen and oxygen atoms in total. The van der Waals surface area contributed by atoms with Crippen LogP contribution in [0.3, 0.4) is 0 Å².